The van der Waals surface area contributed by atoms with Gasteiger partial charge in [0.25, 0.3) is 0 Å². The number of ether oxygens (including phenoxy) is 1. The van der Waals surface area contributed by atoms with Gasteiger partial charge in [-0.3, -0.25) is 0 Å². The lowest BCUT2D eigenvalue weighted by atomic mass is 10.1. The van der Waals surface area contributed by atoms with Crippen LogP contribution in [0.4, 0.5) is 5.69 Å². The SMILES string of the molecule is CSc1nnc2c(n1)O[C@H](c1cccs1)Nc1ccccc1-2. The quantitative estimate of drug-likeness (QED) is 0.722. The minimum absolute atomic E-state index is 0.284. The molecule has 3 aromatic rings. The van der Waals surface area contributed by atoms with E-state index in [9.17, 15) is 0 Å². The van der Waals surface area contributed by atoms with Crippen LogP contribution in [0.25, 0.3) is 11.3 Å². The van der Waals surface area contributed by atoms with Gasteiger partial charge in [-0.05, 0) is 23.8 Å². The first kappa shape index (κ1) is 13.5. The molecule has 3 heterocycles. The van der Waals surface area contributed by atoms with Crippen molar-refractivity contribution in [3.8, 4) is 17.1 Å². The maximum Gasteiger partial charge on any atom is 0.247 e. The molecule has 0 saturated heterocycles. The second-order valence-corrected chi connectivity index (χ2v) is 6.41. The molecule has 1 atom stereocenters. The van der Waals surface area contributed by atoms with Crippen LogP contribution < -0.4 is 10.1 Å². The maximum atomic E-state index is 6.10. The van der Waals surface area contributed by atoms with E-state index in [2.05, 4.69) is 20.5 Å². The van der Waals surface area contributed by atoms with Crippen LogP contribution in [0.5, 0.6) is 5.88 Å². The fourth-order valence-electron chi connectivity index (χ4n) is 2.30. The van der Waals surface area contributed by atoms with Gasteiger partial charge in [-0.25, -0.2) is 0 Å². The minimum Gasteiger partial charge on any atom is -0.447 e. The summed E-state index contributed by atoms with van der Waals surface area (Å²) in [7, 11) is 0. The lowest BCUT2D eigenvalue weighted by Crippen LogP contribution is -2.15. The standard InChI is InChI=1S/C15H12N4OS2/c1-21-15-17-14-12(18-19-15)9-5-2-3-6-10(9)16-13(20-14)11-7-4-8-22-11/h2-8,13,16H,1H3/t13-/m1/s1. The molecular formula is C15H12N4OS2. The van der Waals surface area contributed by atoms with Crippen molar-refractivity contribution in [3.05, 3.63) is 46.7 Å². The van der Waals surface area contributed by atoms with Crippen molar-refractivity contribution in [1.29, 1.82) is 0 Å². The Hall–Kier alpha value is -2.12. The number of anilines is 1. The fraction of sp³-hybridized carbons (Fsp3) is 0.133. The van der Waals surface area contributed by atoms with E-state index >= 15 is 0 Å². The molecule has 1 aliphatic rings. The Morgan fingerprint density at radius 2 is 2.09 bits per heavy atom. The Morgan fingerprint density at radius 1 is 1.18 bits per heavy atom. The normalized spacial score (nSPS) is 16.0. The second-order valence-electron chi connectivity index (χ2n) is 4.66. The summed E-state index contributed by atoms with van der Waals surface area (Å²) < 4.78 is 6.10. The monoisotopic (exact) mass is 328 g/mol. The average molecular weight is 328 g/mol. The molecule has 1 aromatic carbocycles. The van der Waals surface area contributed by atoms with Crippen molar-refractivity contribution in [3.63, 3.8) is 0 Å². The highest BCUT2D eigenvalue weighted by Crippen LogP contribution is 2.39. The van der Waals surface area contributed by atoms with Crippen LogP contribution in [0.2, 0.25) is 0 Å². The largest absolute Gasteiger partial charge is 0.447 e. The summed E-state index contributed by atoms with van der Waals surface area (Å²) in [5.41, 5.74) is 2.58. The van der Waals surface area contributed by atoms with Crippen molar-refractivity contribution >= 4 is 28.8 Å². The first-order valence-electron chi connectivity index (χ1n) is 6.70. The van der Waals surface area contributed by atoms with Gasteiger partial charge in [-0.1, -0.05) is 36.0 Å². The molecule has 0 aliphatic carbocycles. The summed E-state index contributed by atoms with van der Waals surface area (Å²) in [6, 6.07) is 12.0. The van der Waals surface area contributed by atoms with Gasteiger partial charge in [0.05, 0.1) is 4.88 Å². The third-order valence-corrected chi connectivity index (χ3v) is 4.77. The van der Waals surface area contributed by atoms with Crippen LogP contribution in [-0.4, -0.2) is 21.4 Å². The van der Waals surface area contributed by atoms with E-state index in [-0.39, 0.29) is 6.23 Å². The van der Waals surface area contributed by atoms with Gasteiger partial charge in [0.2, 0.25) is 17.3 Å². The Bertz CT molecular complexity index is 807. The summed E-state index contributed by atoms with van der Waals surface area (Å²) in [6.07, 6.45) is 1.64. The van der Waals surface area contributed by atoms with Crippen molar-refractivity contribution in [1.82, 2.24) is 15.2 Å². The molecule has 5 nitrogen and oxygen atoms in total. The predicted octanol–water partition coefficient (Wildman–Crippen LogP) is 3.83. The van der Waals surface area contributed by atoms with E-state index < -0.39 is 0 Å². The summed E-state index contributed by atoms with van der Waals surface area (Å²) in [5.74, 6) is 0.509. The van der Waals surface area contributed by atoms with E-state index in [0.717, 1.165) is 16.1 Å². The van der Waals surface area contributed by atoms with E-state index in [1.54, 1.807) is 11.3 Å². The maximum absolute atomic E-state index is 6.10. The first-order valence-corrected chi connectivity index (χ1v) is 8.80. The summed E-state index contributed by atoms with van der Waals surface area (Å²) in [6.45, 7) is 0. The number of para-hydroxylation sites is 1. The fourth-order valence-corrected chi connectivity index (χ4v) is 3.30. The topological polar surface area (TPSA) is 59.9 Å². The molecule has 0 saturated carbocycles. The second kappa shape index (κ2) is 5.58. The van der Waals surface area contributed by atoms with Crippen molar-refractivity contribution in [2.75, 3.05) is 11.6 Å². The van der Waals surface area contributed by atoms with Gasteiger partial charge in [0.1, 0.15) is 0 Å². The predicted molar refractivity (Wildman–Crippen MR) is 88.4 cm³/mol. The van der Waals surface area contributed by atoms with Crippen LogP contribution in [0.15, 0.2) is 46.9 Å². The lowest BCUT2D eigenvalue weighted by Gasteiger charge is -2.17. The number of rotatable bonds is 2. The molecule has 0 amide bonds. The van der Waals surface area contributed by atoms with Gasteiger partial charge >= 0.3 is 0 Å². The molecule has 0 radical (unpaired) electrons. The number of aromatic nitrogens is 3. The smallest absolute Gasteiger partial charge is 0.247 e. The Morgan fingerprint density at radius 3 is 2.91 bits per heavy atom. The molecule has 7 heteroatoms. The lowest BCUT2D eigenvalue weighted by molar-refractivity contribution is 0.229. The summed E-state index contributed by atoms with van der Waals surface area (Å²) in [4.78, 5) is 5.57. The van der Waals surface area contributed by atoms with Gasteiger partial charge in [0.15, 0.2) is 5.69 Å². The number of nitrogens with one attached hydrogen (secondary N) is 1. The number of thioether (sulfide) groups is 1. The zero-order valence-corrected chi connectivity index (χ0v) is 13.3. The summed E-state index contributed by atoms with van der Waals surface area (Å²) >= 11 is 3.09. The molecule has 110 valence electrons. The summed E-state index contributed by atoms with van der Waals surface area (Å²) in [5, 5.41) is 14.5. The molecule has 1 aliphatic heterocycles. The zero-order chi connectivity index (χ0) is 14.9. The van der Waals surface area contributed by atoms with Gasteiger partial charge in [-0.15, -0.1) is 21.5 Å². The van der Waals surface area contributed by atoms with E-state index in [0.29, 0.717) is 16.7 Å². The van der Waals surface area contributed by atoms with Crippen LogP contribution in [0, 0.1) is 0 Å². The number of nitrogens with zero attached hydrogens (tertiary/aromatic N) is 3. The number of benzene rings is 1. The molecule has 0 spiro atoms. The van der Waals surface area contributed by atoms with Crippen molar-refractivity contribution in [2.24, 2.45) is 0 Å². The number of thiophene rings is 1. The third kappa shape index (κ3) is 2.32. The van der Waals surface area contributed by atoms with Crippen LogP contribution in [0.1, 0.15) is 11.1 Å². The van der Waals surface area contributed by atoms with Gasteiger partial charge < -0.3 is 10.1 Å². The molecular weight excluding hydrogens is 316 g/mol. The highest BCUT2D eigenvalue weighted by Gasteiger charge is 2.26. The molecule has 2 aromatic heterocycles. The molecule has 0 bridgehead atoms. The Balaban J connectivity index is 1.88. The number of hydrogen-bond acceptors (Lipinski definition) is 7. The highest BCUT2D eigenvalue weighted by atomic mass is 32.2. The van der Waals surface area contributed by atoms with Crippen molar-refractivity contribution < 1.29 is 4.74 Å². The zero-order valence-electron chi connectivity index (χ0n) is 11.7. The van der Waals surface area contributed by atoms with Gasteiger partial charge in [0, 0.05) is 11.3 Å². The van der Waals surface area contributed by atoms with Gasteiger partial charge in [-0.2, -0.15) is 4.98 Å². The van der Waals surface area contributed by atoms with E-state index in [1.165, 1.54) is 11.8 Å². The highest BCUT2D eigenvalue weighted by molar-refractivity contribution is 7.98. The van der Waals surface area contributed by atoms with E-state index in [4.69, 9.17) is 4.74 Å². The van der Waals surface area contributed by atoms with Crippen LogP contribution in [0.3, 0.4) is 0 Å². The molecule has 4 rings (SSSR count). The van der Waals surface area contributed by atoms with Crippen LogP contribution >= 0.6 is 23.1 Å². The minimum atomic E-state index is -0.284. The number of fused-ring (bicyclic) bond motifs is 3. The molecule has 0 unspecified atom stereocenters. The molecule has 22 heavy (non-hydrogen) atoms. The Labute approximate surface area is 135 Å². The first-order chi connectivity index (χ1) is 10.8. The third-order valence-electron chi connectivity index (χ3n) is 3.32. The van der Waals surface area contributed by atoms with Crippen molar-refractivity contribution in [2.45, 2.75) is 11.4 Å². The van der Waals surface area contributed by atoms with Crippen LogP contribution in [-0.2, 0) is 0 Å². The van der Waals surface area contributed by atoms with E-state index in [1.807, 2.05) is 48.0 Å². The Kier molecular flexibility index (Phi) is 3.44. The molecule has 1 N–H and O–H groups in total. The molecule has 0 fully saturated rings. The number of hydrogen-bond donors (Lipinski definition) is 1. The average Bonchev–Trinajstić information content (AvgIpc) is 3.04.